The Morgan fingerprint density at radius 2 is 1.17 bits per heavy atom. The summed E-state index contributed by atoms with van der Waals surface area (Å²) < 4.78 is 21.7. The molecule has 0 aliphatic carbocycles. The summed E-state index contributed by atoms with van der Waals surface area (Å²) >= 11 is 2.47. The standard InChI is InChI=1S/C31H32N2O5S.C7H10N2O3S/c1-30(2,3)38-29(35)33-25(27-32-26(21-39-27)28(34)36-4)20-37-31(22-14-8-5-9-15-22,23-16-10-6-11-17-23)24-18-12-7-13-19-24;1-12-7(11)5-3-13-6(9-5)4(8)2-10/h5-19,21,25H,20H2,1-4H3,(H,33,35);3-4,10H,2,8H2,1H3. The fraction of sp³-hybridized carbons (Fsp3) is 0.289. The monoisotopic (exact) mass is 746 g/mol. The zero-order chi connectivity index (χ0) is 37.7. The van der Waals surface area contributed by atoms with E-state index in [-0.39, 0.29) is 24.6 Å². The fourth-order valence-corrected chi connectivity index (χ4v) is 6.59. The smallest absolute Gasteiger partial charge is 0.408 e. The van der Waals surface area contributed by atoms with E-state index in [0.717, 1.165) is 16.7 Å². The molecule has 0 aliphatic rings. The Kier molecular flexibility index (Phi) is 14.1. The topological polar surface area (TPSA) is 172 Å². The molecule has 2 aromatic heterocycles. The maximum Gasteiger partial charge on any atom is 0.408 e. The minimum absolute atomic E-state index is 0.0338. The summed E-state index contributed by atoms with van der Waals surface area (Å²) in [7, 11) is 2.59. The van der Waals surface area contributed by atoms with Gasteiger partial charge in [0.1, 0.15) is 27.3 Å². The van der Waals surface area contributed by atoms with Crippen molar-refractivity contribution in [2.75, 3.05) is 27.4 Å². The summed E-state index contributed by atoms with van der Waals surface area (Å²) in [4.78, 5) is 44.3. The van der Waals surface area contributed by atoms with E-state index in [9.17, 15) is 14.4 Å². The highest BCUT2D eigenvalue weighted by molar-refractivity contribution is 7.10. The van der Waals surface area contributed by atoms with Gasteiger partial charge >= 0.3 is 18.0 Å². The predicted molar refractivity (Wildman–Crippen MR) is 198 cm³/mol. The molecule has 52 heavy (non-hydrogen) atoms. The molecule has 274 valence electrons. The van der Waals surface area contributed by atoms with Crippen molar-refractivity contribution < 1.29 is 38.4 Å². The Morgan fingerprint density at radius 3 is 1.58 bits per heavy atom. The molecule has 0 aliphatic heterocycles. The van der Waals surface area contributed by atoms with Gasteiger partial charge in [-0.3, -0.25) is 0 Å². The lowest BCUT2D eigenvalue weighted by atomic mass is 9.80. The van der Waals surface area contributed by atoms with E-state index in [1.54, 1.807) is 31.5 Å². The van der Waals surface area contributed by atoms with E-state index in [0.29, 0.717) is 10.0 Å². The van der Waals surface area contributed by atoms with E-state index in [2.05, 4.69) is 20.0 Å². The molecule has 12 nitrogen and oxygen atoms in total. The second kappa shape index (κ2) is 18.5. The minimum atomic E-state index is -1.000. The number of benzene rings is 3. The quantitative estimate of drug-likeness (QED) is 0.0730. The van der Waals surface area contributed by atoms with Crippen molar-refractivity contribution >= 4 is 40.7 Å². The van der Waals surface area contributed by atoms with Crippen LogP contribution in [0.4, 0.5) is 4.79 Å². The highest BCUT2D eigenvalue weighted by atomic mass is 32.1. The number of nitrogens with one attached hydrogen (secondary N) is 1. The van der Waals surface area contributed by atoms with Crippen molar-refractivity contribution in [1.82, 2.24) is 15.3 Å². The number of hydrogen-bond donors (Lipinski definition) is 3. The molecular weight excluding hydrogens is 705 g/mol. The number of carbonyl (C=O) groups is 3. The summed E-state index contributed by atoms with van der Waals surface area (Å²) in [5, 5.41) is 15.8. The van der Waals surface area contributed by atoms with Gasteiger partial charge in [0.05, 0.1) is 33.5 Å². The van der Waals surface area contributed by atoms with Crippen LogP contribution in [0.1, 0.15) is 80.5 Å². The molecule has 14 heteroatoms. The second-order valence-corrected chi connectivity index (χ2v) is 14.0. The van der Waals surface area contributed by atoms with Gasteiger partial charge in [0.25, 0.3) is 0 Å². The Hall–Kier alpha value is -4.99. The van der Waals surface area contributed by atoms with Crippen LogP contribution < -0.4 is 11.1 Å². The third kappa shape index (κ3) is 10.3. The maximum absolute atomic E-state index is 12.9. The van der Waals surface area contributed by atoms with Crippen molar-refractivity contribution in [2.24, 2.45) is 5.73 Å². The number of aliphatic hydroxyl groups excluding tert-OH is 1. The van der Waals surface area contributed by atoms with Crippen LogP contribution in [0, 0.1) is 0 Å². The first-order valence-corrected chi connectivity index (χ1v) is 17.9. The van der Waals surface area contributed by atoms with E-state index in [1.165, 1.54) is 36.9 Å². The lowest BCUT2D eigenvalue weighted by Crippen LogP contribution is -2.40. The van der Waals surface area contributed by atoms with Crippen LogP contribution >= 0.6 is 22.7 Å². The molecule has 3 aromatic carbocycles. The third-order valence-corrected chi connectivity index (χ3v) is 9.28. The molecule has 1 amide bonds. The number of nitrogens with zero attached hydrogens (tertiary/aromatic N) is 2. The number of esters is 2. The lowest BCUT2D eigenvalue weighted by molar-refractivity contribution is -0.00440. The first-order chi connectivity index (χ1) is 24.9. The van der Waals surface area contributed by atoms with Gasteiger partial charge in [-0.1, -0.05) is 91.0 Å². The van der Waals surface area contributed by atoms with Crippen molar-refractivity contribution in [3.8, 4) is 0 Å². The van der Waals surface area contributed by atoms with Gasteiger partial charge in [0.15, 0.2) is 11.4 Å². The summed E-state index contributed by atoms with van der Waals surface area (Å²) in [5.74, 6) is -1.05. The first-order valence-electron chi connectivity index (χ1n) is 16.2. The Balaban J connectivity index is 0.000000392. The van der Waals surface area contributed by atoms with Gasteiger partial charge in [0.2, 0.25) is 0 Å². The van der Waals surface area contributed by atoms with E-state index in [1.807, 2.05) is 91.0 Å². The van der Waals surface area contributed by atoms with Gasteiger partial charge in [0, 0.05) is 10.8 Å². The lowest BCUT2D eigenvalue weighted by Gasteiger charge is -2.37. The number of amides is 1. The number of thiazole rings is 2. The molecule has 0 fully saturated rings. The van der Waals surface area contributed by atoms with E-state index in [4.69, 9.17) is 25.1 Å². The Bertz CT molecular complexity index is 1780. The van der Waals surface area contributed by atoms with Crippen LogP contribution in [0.3, 0.4) is 0 Å². The van der Waals surface area contributed by atoms with Crippen LogP contribution in [-0.4, -0.2) is 66.1 Å². The van der Waals surface area contributed by atoms with Gasteiger partial charge < -0.3 is 35.1 Å². The summed E-state index contributed by atoms with van der Waals surface area (Å²) in [5.41, 5.74) is 6.96. The Labute approximate surface area is 310 Å². The number of aromatic nitrogens is 2. The van der Waals surface area contributed by atoms with Crippen LogP contribution in [-0.2, 0) is 24.5 Å². The molecule has 0 radical (unpaired) electrons. The minimum Gasteiger partial charge on any atom is -0.464 e. The van der Waals surface area contributed by atoms with Crippen LogP contribution in [0.15, 0.2) is 102 Å². The van der Waals surface area contributed by atoms with Crippen LogP contribution in [0.2, 0.25) is 0 Å². The molecule has 0 spiro atoms. The SMILES string of the molecule is COC(=O)c1csc(C(COC(c2ccccc2)(c2ccccc2)c2ccccc2)NC(=O)OC(C)(C)C)n1.COC(=O)c1csc(C(N)CO)n1. The van der Waals surface area contributed by atoms with Crippen molar-refractivity contribution in [1.29, 1.82) is 0 Å². The molecule has 2 heterocycles. The number of aliphatic hydroxyl groups is 1. The number of ether oxygens (including phenoxy) is 4. The maximum atomic E-state index is 12.9. The number of carbonyl (C=O) groups excluding carboxylic acids is 3. The molecule has 4 N–H and O–H groups in total. The van der Waals surface area contributed by atoms with Gasteiger partial charge in [-0.05, 0) is 37.5 Å². The summed E-state index contributed by atoms with van der Waals surface area (Å²) in [6, 6.07) is 28.6. The largest absolute Gasteiger partial charge is 0.464 e. The fourth-order valence-electron chi connectivity index (χ4n) is 4.98. The average molecular weight is 747 g/mol. The number of hydrogen-bond acceptors (Lipinski definition) is 13. The number of alkyl carbamates (subject to hydrolysis) is 1. The Morgan fingerprint density at radius 1 is 0.750 bits per heavy atom. The summed E-state index contributed by atoms with van der Waals surface area (Å²) in [6.45, 7) is 5.23. The molecular formula is C38H42N4O8S2. The highest BCUT2D eigenvalue weighted by Gasteiger charge is 2.39. The molecule has 2 atom stereocenters. The third-order valence-electron chi connectivity index (χ3n) is 7.34. The molecule has 0 saturated carbocycles. The van der Waals surface area contributed by atoms with Crippen LogP contribution in [0.5, 0.6) is 0 Å². The molecule has 5 rings (SSSR count). The number of nitrogens with two attached hydrogens (primary N) is 1. The van der Waals surface area contributed by atoms with Crippen molar-refractivity contribution in [2.45, 2.75) is 44.1 Å². The molecule has 0 bridgehead atoms. The highest BCUT2D eigenvalue weighted by Crippen LogP contribution is 2.41. The van der Waals surface area contributed by atoms with E-state index < -0.39 is 41.3 Å². The zero-order valence-electron chi connectivity index (χ0n) is 29.5. The van der Waals surface area contributed by atoms with Crippen LogP contribution in [0.25, 0.3) is 0 Å². The number of rotatable bonds is 12. The van der Waals surface area contributed by atoms with Gasteiger partial charge in [-0.2, -0.15) is 0 Å². The molecule has 5 aromatic rings. The second-order valence-electron chi connectivity index (χ2n) is 12.2. The van der Waals surface area contributed by atoms with Crippen molar-refractivity contribution in [3.05, 3.63) is 140 Å². The first kappa shape index (κ1) is 39.8. The van der Waals surface area contributed by atoms with Crippen molar-refractivity contribution in [3.63, 3.8) is 0 Å². The van der Waals surface area contributed by atoms with E-state index >= 15 is 0 Å². The normalized spacial score (nSPS) is 12.4. The predicted octanol–water partition coefficient (Wildman–Crippen LogP) is 6.43. The molecule has 0 saturated heterocycles. The number of methoxy groups -OCH3 is 2. The van der Waals surface area contributed by atoms with Gasteiger partial charge in [-0.15, -0.1) is 22.7 Å². The summed E-state index contributed by atoms with van der Waals surface area (Å²) in [6.07, 6.45) is -0.615. The average Bonchev–Trinajstić information content (AvgIpc) is 3.86. The van der Waals surface area contributed by atoms with Gasteiger partial charge in [-0.25, -0.2) is 24.4 Å². The molecule has 2 unspecified atom stereocenters. The zero-order valence-corrected chi connectivity index (χ0v) is 31.1.